The van der Waals surface area contributed by atoms with E-state index in [1.165, 1.54) is 33.6 Å². The topological polar surface area (TPSA) is 239 Å². The molecule has 1 aromatic carbocycles. The van der Waals surface area contributed by atoms with E-state index in [1.54, 1.807) is 51.5 Å². The van der Waals surface area contributed by atoms with E-state index in [9.17, 15) is 37.5 Å². The quantitative estimate of drug-likeness (QED) is 0.117. The minimum atomic E-state index is -4.14. The molecule has 3 aromatic heterocycles. The number of thiophene rings is 1. The number of nitrogens with zero attached hydrogens (tertiary/aromatic N) is 4. The van der Waals surface area contributed by atoms with E-state index in [2.05, 4.69) is 21.3 Å². The minimum absolute atomic E-state index is 0.0163. The number of pyridine rings is 1. The number of hydrogen-bond donors (Lipinski definition) is 5. The van der Waals surface area contributed by atoms with Crippen LogP contribution in [-0.2, 0) is 35.7 Å². The number of methoxy groups -OCH3 is 1. The van der Waals surface area contributed by atoms with Crippen molar-refractivity contribution in [3.63, 3.8) is 0 Å². The lowest BCUT2D eigenvalue weighted by Crippen LogP contribution is -2.60. The third-order valence-corrected chi connectivity index (χ3v) is 16.2. The summed E-state index contributed by atoms with van der Waals surface area (Å²) in [6.07, 6.45) is 5.87. The molecule has 1 unspecified atom stereocenters. The van der Waals surface area contributed by atoms with Crippen LogP contribution in [0, 0.1) is 11.3 Å². The molecule has 6 atom stereocenters. The third-order valence-electron chi connectivity index (χ3n) is 12.6. The van der Waals surface area contributed by atoms with Gasteiger partial charge in [-0.25, -0.2) is 32.3 Å². The van der Waals surface area contributed by atoms with Crippen molar-refractivity contribution in [1.82, 2.24) is 35.1 Å². The molecule has 1 saturated heterocycles. The molecule has 18 nitrogen and oxygen atoms in total. The summed E-state index contributed by atoms with van der Waals surface area (Å²) in [5.41, 5.74) is -0.839. The van der Waals surface area contributed by atoms with Crippen LogP contribution in [-0.4, -0.2) is 112 Å². The summed E-state index contributed by atoms with van der Waals surface area (Å²) in [6.45, 7) is 8.86. The van der Waals surface area contributed by atoms with Crippen LogP contribution in [0.2, 0.25) is 0 Å². The van der Waals surface area contributed by atoms with Crippen molar-refractivity contribution in [2.75, 3.05) is 19.0 Å². The van der Waals surface area contributed by atoms with Gasteiger partial charge in [0.05, 0.1) is 31.4 Å². The van der Waals surface area contributed by atoms with Gasteiger partial charge in [0.1, 0.15) is 51.9 Å². The minimum Gasteiger partial charge on any atom is -0.497 e. The van der Waals surface area contributed by atoms with Gasteiger partial charge in [0.25, 0.3) is 15.9 Å². The van der Waals surface area contributed by atoms with E-state index in [1.807, 2.05) is 37.4 Å². The van der Waals surface area contributed by atoms with Crippen molar-refractivity contribution < 1.29 is 47.0 Å². The maximum Gasteiger partial charge on any atom is 0.330 e. The predicted molar refractivity (Wildman–Crippen MR) is 252 cm³/mol. The summed E-state index contributed by atoms with van der Waals surface area (Å²) in [6, 6.07) is 4.13. The van der Waals surface area contributed by atoms with E-state index in [4.69, 9.17) is 19.4 Å². The summed E-state index contributed by atoms with van der Waals surface area (Å²) in [5.74, 6) is -2.73. The van der Waals surface area contributed by atoms with Crippen LogP contribution in [0.25, 0.3) is 22.3 Å². The van der Waals surface area contributed by atoms with Gasteiger partial charge in [0, 0.05) is 46.2 Å². The Morgan fingerprint density at radius 3 is 2.55 bits per heavy atom. The number of rotatable bonds is 10. The number of aromatic nitrogens is 2. The molecule has 4 aliphatic rings. The van der Waals surface area contributed by atoms with Crippen LogP contribution in [0.3, 0.4) is 0 Å². The first kappa shape index (κ1) is 47.7. The predicted octanol–water partition coefficient (Wildman–Crippen LogP) is 5.89. The van der Waals surface area contributed by atoms with Gasteiger partial charge in [-0.1, -0.05) is 45.8 Å². The fourth-order valence-corrected chi connectivity index (χ4v) is 12.6. The SMILES string of the molecule is COc1ccc2c(O[C@@H]3C[C@H]4C(=O)N[C@]5(C(=O)O)CC5C=CCCCCC[C@H](NC(=O)N[C@H](C(=O)N5Cc6sccc6S5(=O)=O)C(C)(C)C)C(=O)N4C3)cc(-c3csc(NC(C)C)n3)nc2c1. The molecule has 3 aliphatic heterocycles. The first-order valence-electron chi connectivity index (χ1n) is 22.4. The lowest BCUT2D eigenvalue weighted by molar-refractivity contribution is -0.145. The normalized spacial score (nSPS) is 24.4. The average molecular weight is 977 g/mol. The van der Waals surface area contributed by atoms with Gasteiger partial charge >= 0.3 is 12.0 Å². The number of sulfonamides is 1. The van der Waals surface area contributed by atoms with Crippen LogP contribution in [0.15, 0.2) is 58.1 Å². The highest BCUT2D eigenvalue weighted by atomic mass is 32.2. The van der Waals surface area contributed by atoms with Gasteiger partial charge in [-0.15, -0.1) is 22.7 Å². The van der Waals surface area contributed by atoms with E-state index in [0.29, 0.717) is 63.1 Å². The molecule has 0 spiro atoms. The number of allylic oxidation sites excluding steroid dienone is 1. The summed E-state index contributed by atoms with van der Waals surface area (Å²) >= 11 is 2.66. The first-order valence-corrected chi connectivity index (χ1v) is 25.6. The van der Waals surface area contributed by atoms with E-state index in [0.717, 1.165) is 10.7 Å². The van der Waals surface area contributed by atoms with Crippen molar-refractivity contribution in [2.45, 2.75) is 127 Å². The second-order valence-electron chi connectivity index (χ2n) is 18.9. The van der Waals surface area contributed by atoms with Crippen LogP contribution in [0.5, 0.6) is 11.5 Å². The number of hydrogen-bond acceptors (Lipinski definition) is 14. The van der Waals surface area contributed by atoms with Crippen molar-refractivity contribution in [3.05, 3.63) is 58.1 Å². The van der Waals surface area contributed by atoms with Crippen molar-refractivity contribution in [2.24, 2.45) is 11.3 Å². The third kappa shape index (κ3) is 9.81. The second-order valence-corrected chi connectivity index (χ2v) is 22.6. The van der Waals surface area contributed by atoms with Gasteiger partial charge in [0.2, 0.25) is 11.8 Å². The smallest absolute Gasteiger partial charge is 0.330 e. The highest BCUT2D eigenvalue weighted by Crippen LogP contribution is 2.46. The molecule has 0 radical (unpaired) electrons. The van der Waals surface area contributed by atoms with E-state index < -0.39 is 80.8 Å². The molecule has 4 aromatic rings. The van der Waals surface area contributed by atoms with Crippen molar-refractivity contribution >= 4 is 78.5 Å². The molecule has 5 N–H and O–H groups in total. The summed E-state index contributed by atoms with van der Waals surface area (Å²) < 4.78 is 39.9. The Hall–Kier alpha value is -5.80. The van der Waals surface area contributed by atoms with Crippen LogP contribution >= 0.6 is 22.7 Å². The lowest BCUT2D eigenvalue weighted by Gasteiger charge is -2.34. The van der Waals surface area contributed by atoms with Crippen molar-refractivity contribution in [1.29, 1.82) is 0 Å². The Bertz CT molecular complexity index is 2730. The number of carbonyl (C=O) groups is 5. The molecule has 358 valence electrons. The van der Waals surface area contributed by atoms with Gasteiger partial charge in [-0.3, -0.25) is 14.4 Å². The van der Waals surface area contributed by atoms with Crippen LogP contribution in [0.4, 0.5) is 9.93 Å². The number of nitrogens with one attached hydrogen (secondary N) is 4. The number of thiazole rings is 1. The fraction of sp³-hybridized carbons (Fsp3) is 0.500. The zero-order chi connectivity index (χ0) is 48.0. The van der Waals surface area contributed by atoms with Gasteiger partial charge in [-0.05, 0) is 68.5 Å². The van der Waals surface area contributed by atoms with Crippen molar-refractivity contribution in [3.8, 4) is 22.9 Å². The molecule has 67 heavy (non-hydrogen) atoms. The van der Waals surface area contributed by atoms with Crippen LogP contribution < -0.4 is 30.7 Å². The molecule has 1 aliphatic carbocycles. The largest absolute Gasteiger partial charge is 0.497 e. The summed E-state index contributed by atoms with van der Waals surface area (Å²) in [7, 11) is -2.59. The number of carboxylic acids is 1. The number of carbonyl (C=O) groups excluding carboxylic acids is 4. The monoisotopic (exact) mass is 976 g/mol. The lowest BCUT2D eigenvalue weighted by atomic mass is 9.86. The molecular formula is C46H56N8O10S3. The standard InChI is InChI=1S/C46H56N8O10S3/c1-25(2)47-44-50-33(24-66-44)32-20-35(29-15-14-27(63-6)18-31(29)48-32)64-28-19-34-39(55)52-46(42(58)59)21-26(46)12-10-8-7-9-11-13-30(40(56)53(34)22-28)49-43(60)51-38(45(3,4)5)41(57)54-23-36-37(16-17-65-36)67(54,61)62/h10,12,14-18,20,24-26,28,30,34,38H,7-9,11,13,19,21-23H2,1-6H3,(H,47,50)(H,52,55)(H,58,59)(H2,49,51,60)/t26?,28-,30+,34+,38-,46-/m1/s1. The Labute approximate surface area is 396 Å². The Kier molecular flexibility index (Phi) is 13.3. The number of benzene rings is 1. The Morgan fingerprint density at radius 2 is 1.84 bits per heavy atom. The Morgan fingerprint density at radius 1 is 1.04 bits per heavy atom. The highest BCUT2D eigenvalue weighted by molar-refractivity contribution is 7.90. The van der Waals surface area contributed by atoms with E-state index >= 15 is 0 Å². The zero-order valence-electron chi connectivity index (χ0n) is 38.2. The molecule has 5 amide bonds. The number of amides is 5. The zero-order valence-corrected chi connectivity index (χ0v) is 40.6. The number of urea groups is 1. The Balaban J connectivity index is 1.09. The first-order chi connectivity index (χ1) is 31.8. The molecule has 6 heterocycles. The number of anilines is 1. The van der Waals surface area contributed by atoms with Gasteiger partial charge in [-0.2, -0.15) is 0 Å². The van der Waals surface area contributed by atoms with Gasteiger partial charge in [0.15, 0.2) is 5.13 Å². The number of carboxylic acid groups (broad SMARTS) is 1. The molecule has 8 rings (SSSR count). The maximum atomic E-state index is 15.0. The molecule has 1 saturated carbocycles. The summed E-state index contributed by atoms with van der Waals surface area (Å²) in [4.78, 5) is 81.9. The molecule has 2 fully saturated rings. The van der Waals surface area contributed by atoms with Crippen LogP contribution in [0.1, 0.15) is 84.4 Å². The highest BCUT2D eigenvalue weighted by Gasteiger charge is 2.61. The summed E-state index contributed by atoms with van der Waals surface area (Å²) in [5, 5.41) is 26.8. The number of ether oxygens (including phenoxy) is 2. The van der Waals surface area contributed by atoms with Gasteiger partial charge < -0.3 is 40.7 Å². The van der Waals surface area contributed by atoms with E-state index in [-0.39, 0.29) is 43.3 Å². The maximum absolute atomic E-state index is 15.0. The molecular weight excluding hydrogens is 921 g/mol. The molecule has 21 heteroatoms. The fourth-order valence-electron chi connectivity index (χ4n) is 8.89. The average Bonchev–Trinajstić information content (AvgIpc) is 3.76. The molecule has 0 bridgehead atoms. The number of fused-ring (bicyclic) bond motifs is 4. The second kappa shape index (κ2) is 18.7. The number of aliphatic carboxylic acids is 1.